The van der Waals surface area contributed by atoms with E-state index in [1.807, 2.05) is 24.3 Å². The summed E-state index contributed by atoms with van der Waals surface area (Å²) in [6.07, 6.45) is 0. The van der Waals surface area contributed by atoms with Gasteiger partial charge in [-0.15, -0.1) is 5.23 Å². The van der Waals surface area contributed by atoms with Crippen molar-refractivity contribution in [3.05, 3.63) is 54.1 Å². The van der Waals surface area contributed by atoms with E-state index in [1.54, 1.807) is 19.2 Å². The Labute approximate surface area is 197 Å². The number of nitrogens with zero attached hydrogens (tertiary/aromatic N) is 4. The van der Waals surface area contributed by atoms with Crippen molar-refractivity contribution in [2.75, 3.05) is 48.3 Å². The quantitative estimate of drug-likeness (QED) is 0.301. The van der Waals surface area contributed by atoms with E-state index in [9.17, 15) is 4.79 Å². The maximum atomic E-state index is 12.7. The van der Waals surface area contributed by atoms with E-state index in [1.165, 1.54) is 17.0 Å². The molecule has 7 nitrogen and oxygen atoms in total. The predicted molar refractivity (Wildman–Crippen MR) is 114 cm³/mol. The zero-order valence-electron chi connectivity index (χ0n) is 15.7. The summed E-state index contributed by atoms with van der Waals surface area (Å²) in [5.74, 6) is -0.144. The van der Waals surface area contributed by atoms with E-state index in [4.69, 9.17) is 35.7 Å². The third kappa shape index (κ3) is 5.93. The molecule has 2 aromatic rings. The van der Waals surface area contributed by atoms with Crippen molar-refractivity contribution >= 4 is 48.2 Å². The van der Waals surface area contributed by atoms with Crippen LogP contribution in [0.3, 0.4) is 0 Å². The van der Waals surface area contributed by atoms with Gasteiger partial charge in [-0.05, 0) is 48.5 Å². The Balaban J connectivity index is 0.00000300. The first kappa shape index (κ1) is 24.1. The monoisotopic (exact) mass is 615 g/mol. The largest absolute Gasteiger partial charge is 0.800 e. The van der Waals surface area contributed by atoms with E-state index in [-0.39, 0.29) is 43.9 Å². The van der Waals surface area contributed by atoms with E-state index < -0.39 is 0 Å². The fourth-order valence-electron chi connectivity index (χ4n) is 3.13. The summed E-state index contributed by atoms with van der Waals surface area (Å²) < 4.78 is -0.260. The average Bonchev–Trinajstić information content (AvgIpc) is 2.73. The molecule has 1 saturated heterocycles. The minimum absolute atomic E-state index is 0. The first-order valence-electron chi connectivity index (χ1n) is 8.83. The normalized spacial score (nSPS) is 14.5. The molecule has 0 unspecified atom stereocenters. The van der Waals surface area contributed by atoms with Crippen LogP contribution in [0.2, 0.25) is 0 Å². The average molecular weight is 616 g/mol. The molecule has 2 aromatic carbocycles. The second-order valence-corrected chi connectivity index (χ2v) is 7.74. The molecular formula is C19H22AuN4O3S2-2. The van der Waals surface area contributed by atoms with E-state index in [2.05, 4.69) is 9.80 Å². The molecule has 0 spiro atoms. The molecule has 0 aromatic heterocycles. The molecular weight excluding hydrogens is 593 g/mol. The number of hydrogen-bond acceptors (Lipinski definition) is 8. The SMILES string of the molecule is CN(C(=O)c1ccc(N2CCN(C([S-])[S-])CC2)cc1)c1ccc(N(O)O)cc1.[Au]. The topological polar surface area (TPSA) is 70.5 Å². The maximum absolute atomic E-state index is 12.7. The Hall–Kier alpha value is -1.17. The van der Waals surface area contributed by atoms with Gasteiger partial charge in [-0.3, -0.25) is 15.2 Å². The van der Waals surface area contributed by atoms with E-state index in [0.717, 1.165) is 31.9 Å². The molecule has 1 aliphatic heterocycles. The molecule has 0 atom stereocenters. The zero-order chi connectivity index (χ0) is 20.3. The van der Waals surface area contributed by atoms with Gasteiger partial charge in [0.05, 0.1) is 5.69 Å². The number of piperazine rings is 1. The van der Waals surface area contributed by atoms with Crippen LogP contribution in [-0.4, -0.2) is 59.2 Å². The molecule has 0 bridgehead atoms. The number of benzene rings is 2. The van der Waals surface area contributed by atoms with Crippen LogP contribution in [0.4, 0.5) is 17.1 Å². The molecule has 0 aliphatic carbocycles. The Morgan fingerprint density at radius 1 is 0.931 bits per heavy atom. The zero-order valence-corrected chi connectivity index (χ0v) is 19.5. The molecule has 3 rings (SSSR count). The Morgan fingerprint density at radius 3 is 1.93 bits per heavy atom. The molecule has 29 heavy (non-hydrogen) atoms. The first-order chi connectivity index (χ1) is 13.4. The van der Waals surface area contributed by atoms with Gasteiger partial charge >= 0.3 is 0 Å². The van der Waals surface area contributed by atoms with Crippen LogP contribution in [0.25, 0.3) is 0 Å². The van der Waals surface area contributed by atoms with Crippen LogP contribution in [-0.2, 0) is 47.6 Å². The second-order valence-electron chi connectivity index (χ2n) is 6.55. The molecule has 1 aliphatic rings. The minimum atomic E-state index is -0.260. The Kier molecular flexibility index (Phi) is 8.92. The number of amides is 1. The number of anilines is 3. The summed E-state index contributed by atoms with van der Waals surface area (Å²) in [7, 11) is 1.68. The van der Waals surface area contributed by atoms with Crippen LogP contribution in [0.15, 0.2) is 48.5 Å². The molecule has 0 saturated carbocycles. The van der Waals surface area contributed by atoms with Gasteiger partial charge in [0, 0.05) is 72.5 Å². The summed E-state index contributed by atoms with van der Waals surface area (Å²) in [5, 5.41) is 18.0. The van der Waals surface area contributed by atoms with Crippen molar-refractivity contribution in [2.45, 2.75) is 4.71 Å². The van der Waals surface area contributed by atoms with Gasteiger partial charge in [0.15, 0.2) is 0 Å². The van der Waals surface area contributed by atoms with Crippen molar-refractivity contribution in [1.29, 1.82) is 0 Å². The van der Waals surface area contributed by atoms with Crippen molar-refractivity contribution in [1.82, 2.24) is 4.90 Å². The molecule has 161 valence electrons. The van der Waals surface area contributed by atoms with Gasteiger partial charge < -0.3 is 40.0 Å². The molecule has 1 heterocycles. The van der Waals surface area contributed by atoms with Crippen LogP contribution in [0, 0.1) is 0 Å². The summed E-state index contributed by atoms with van der Waals surface area (Å²) in [4.78, 5) is 18.6. The van der Waals surface area contributed by atoms with Gasteiger partial charge in [0.25, 0.3) is 5.91 Å². The number of rotatable bonds is 5. The van der Waals surface area contributed by atoms with Crippen LogP contribution >= 0.6 is 0 Å². The van der Waals surface area contributed by atoms with E-state index in [0.29, 0.717) is 11.3 Å². The van der Waals surface area contributed by atoms with E-state index >= 15 is 0 Å². The van der Waals surface area contributed by atoms with Crippen molar-refractivity contribution < 1.29 is 37.6 Å². The summed E-state index contributed by atoms with van der Waals surface area (Å²) in [6.45, 7) is 3.40. The number of hydrogen-bond donors (Lipinski definition) is 2. The standard InChI is InChI=1S/C19H24N4O3S2.Au/c1-20(15-6-8-17(9-7-15)23(25)26)18(24)14-2-4-16(5-3-14)21-10-12-22(13-11-21)19(27)28;/h2-9,19,25-28H,10-13H2,1H3;/p-2. The van der Waals surface area contributed by atoms with Gasteiger partial charge in [-0.1, -0.05) is 0 Å². The summed E-state index contributed by atoms with van der Waals surface area (Å²) in [6, 6.07) is 13.9. The first-order valence-corrected chi connectivity index (χ1v) is 9.78. The molecule has 2 N–H and O–H groups in total. The fraction of sp³-hybridized carbons (Fsp3) is 0.316. The molecule has 1 amide bonds. The van der Waals surface area contributed by atoms with Gasteiger partial charge in [0.2, 0.25) is 0 Å². The molecule has 1 radical (unpaired) electrons. The van der Waals surface area contributed by atoms with Crippen LogP contribution in [0.5, 0.6) is 0 Å². The summed E-state index contributed by atoms with van der Waals surface area (Å²) in [5.41, 5.74) is 2.51. The smallest absolute Gasteiger partial charge is 0.258 e. The fourth-order valence-corrected chi connectivity index (χ4v) is 3.55. The maximum Gasteiger partial charge on any atom is 0.258 e. The second kappa shape index (κ2) is 10.7. The minimum Gasteiger partial charge on any atom is -0.800 e. The van der Waals surface area contributed by atoms with Crippen molar-refractivity contribution in [3.8, 4) is 0 Å². The van der Waals surface area contributed by atoms with Gasteiger partial charge in [-0.25, -0.2) is 4.71 Å². The molecule has 10 heteroatoms. The number of carbonyl (C=O) groups is 1. The van der Waals surface area contributed by atoms with Gasteiger partial charge in [0.1, 0.15) is 0 Å². The van der Waals surface area contributed by atoms with Gasteiger partial charge in [-0.2, -0.15) is 0 Å². The third-order valence-corrected chi connectivity index (χ3v) is 5.46. The molecule has 1 fully saturated rings. The number of carbonyl (C=O) groups excluding carboxylic acids is 1. The Bertz CT molecular complexity index is 798. The Morgan fingerprint density at radius 2 is 1.45 bits per heavy atom. The predicted octanol–water partition coefficient (Wildman–Crippen LogP) is 2.04. The van der Waals surface area contributed by atoms with Crippen LogP contribution < -0.4 is 15.0 Å². The van der Waals surface area contributed by atoms with Crippen LogP contribution in [0.1, 0.15) is 10.4 Å². The van der Waals surface area contributed by atoms with Crippen molar-refractivity contribution in [2.24, 2.45) is 0 Å². The summed E-state index contributed by atoms with van der Waals surface area (Å²) >= 11 is 10.3. The van der Waals surface area contributed by atoms with Crippen molar-refractivity contribution in [3.63, 3.8) is 0 Å². The third-order valence-electron chi connectivity index (χ3n) is 4.86.